The summed E-state index contributed by atoms with van der Waals surface area (Å²) in [5, 5.41) is 0. The third kappa shape index (κ3) is 4.42. The molecule has 1 aliphatic rings. The number of halogens is 1. The highest BCUT2D eigenvalue weighted by Crippen LogP contribution is 2.26. The Morgan fingerprint density at radius 1 is 1.40 bits per heavy atom. The number of carbonyl (C=O) groups is 1. The van der Waals surface area contributed by atoms with Gasteiger partial charge in [-0.2, -0.15) is 0 Å². The molecule has 0 aliphatic heterocycles. The predicted octanol–water partition coefficient (Wildman–Crippen LogP) is 4.53. The maximum atomic E-state index is 12.2. The van der Waals surface area contributed by atoms with Gasteiger partial charge in [0.1, 0.15) is 0 Å². The van der Waals surface area contributed by atoms with Gasteiger partial charge in [-0.05, 0) is 37.9 Å². The number of carbonyl (C=O) groups excluding carboxylic acids is 1. The van der Waals surface area contributed by atoms with Crippen LogP contribution in [0.2, 0.25) is 0 Å². The number of hydrogen-bond acceptors (Lipinski definition) is 2. The zero-order chi connectivity index (χ0) is 14.5. The number of benzene rings is 1. The van der Waals surface area contributed by atoms with E-state index in [4.69, 9.17) is 0 Å². The van der Waals surface area contributed by atoms with Crippen molar-refractivity contribution in [2.75, 3.05) is 13.6 Å². The second-order valence-corrected chi connectivity index (χ2v) is 7.01. The van der Waals surface area contributed by atoms with Gasteiger partial charge >= 0.3 is 0 Å². The Hall–Kier alpha value is -0.670. The first-order valence-electron chi connectivity index (χ1n) is 7.55. The van der Waals surface area contributed by atoms with E-state index in [2.05, 4.69) is 34.8 Å². The lowest BCUT2D eigenvalue weighted by Crippen LogP contribution is -2.36. The molecule has 2 rings (SSSR count). The highest BCUT2D eigenvalue weighted by molar-refractivity contribution is 9.10. The lowest BCUT2D eigenvalue weighted by Gasteiger charge is -2.34. The van der Waals surface area contributed by atoms with Crippen LogP contribution in [0.15, 0.2) is 28.7 Å². The average Bonchev–Trinajstić information content (AvgIpc) is 2.44. The highest BCUT2D eigenvalue weighted by Gasteiger charge is 2.22. The van der Waals surface area contributed by atoms with Gasteiger partial charge in [0.2, 0.25) is 0 Å². The molecule has 1 aliphatic carbocycles. The molecule has 0 aromatic heterocycles. The Balaban J connectivity index is 1.83. The van der Waals surface area contributed by atoms with Crippen molar-refractivity contribution in [2.45, 2.75) is 45.1 Å². The van der Waals surface area contributed by atoms with Crippen LogP contribution in [0.5, 0.6) is 0 Å². The summed E-state index contributed by atoms with van der Waals surface area (Å²) in [4.78, 5) is 14.6. The summed E-state index contributed by atoms with van der Waals surface area (Å²) in [6.45, 7) is 3.20. The van der Waals surface area contributed by atoms with Crippen LogP contribution in [0.3, 0.4) is 0 Å². The van der Waals surface area contributed by atoms with Crippen LogP contribution in [0.25, 0.3) is 0 Å². The Kier molecular flexibility index (Phi) is 5.79. The minimum Gasteiger partial charge on any atom is -0.303 e. The molecule has 2 unspecified atom stereocenters. The van der Waals surface area contributed by atoms with Gasteiger partial charge in [0.15, 0.2) is 5.78 Å². The van der Waals surface area contributed by atoms with Gasteiger partial charge in [-0.3, -0.25) is 4.79 Å². The van der Waals surface area contributed by atoms with Crippen molar-refractivity contribution in [3.63, 3.8) is 0 Å². The molecule has 1 fully saturated rings. The van der Waals surface area contributed by atoms with Crippen molar-refractivity contribution >= 4 is 21.7 Å². The average molecular weight is 338 g/mol. The van der Waals surface area contributed by atoms with Crippen LogP contribution in [0.1, 0.15) is 49.4 Å². The Labute approximate surface area is 130 Å². The number of Topliss-reactive ketones (excluding diaryl/α,β-unsaturated/α-hetero) is 1. The summed E-state index contributed by atoms with van der Waals surface area (Å²) in [6.07, 6.45) is 5.86. The van der Waals surface area contributed by atoms with E-state index in [1.165, 1.54) is 25.7 Å². The molecule has 20 heavy (non-hydrogen) atoms. The first-order chi connectivity index (χ1) is 9.56. The van der Waals surface area contributed by atoms with Gasteiger partial charge in [-0.15, -0.1) is 0 Å². The topological polar surface area (TPSA) is 20.3 Å². The molecule has 3 heteroatoms. The van der Waals surface area contributed by atoms with Gasteiger partial charge in [0.05, 0.1) is 0 Å². The number of rotatable bonds is 5. The molecule has 0 saturated heterocycles. The van der Waals surface area contributed by atoms with Crippen LogP contribution in [-0.4, -0.2) is 30.3 Å². The smallest absolute Gasteiger partial charge is 0.164 e. The molecule has 0 heterocycles. The summed E-state index contributed by atoms with van der Waals surface area (Å²) >= 11 is 3.42. The molecule has 0 amide bonds. The summed E-state index contributed by atoms with van der Waals surface area (Å²) in [7, 11) is 2.16. The van der Waals surface area contributed by atoms with Crippen LogP contribution >= 0.6 is 15.9 Å². The molecule has 0 bridgehead atoms. The van der Waals surface area contributed by atoms with E-state index >= 15 is 0 Å². The fourth-order valence-electron chi connectivity index (χ4n) is 3.07. The normalized spacial score (nSPS) is 23.0. The van der Waals surface area contributed by atoms with E-state index in [0.717, 1.165) is 22.5 Å². The monoisotopic (exact) mass is 337 g/mol. The Bertz CT molecular complexity index is 460. The quantitative estimate of drug-likeness (QED) is 0.735. The van der Waals surface area contributed by atoms with Crippen molar-refractivity contribution in [3.05, 3.63) is 34.3 Å². The van der Waals surface area contributed by atoms with Gasteiger partial charge < -0.3 is 4.90 Å². The van der Waals surface area contributed by atoms with Gasteiger partial charge in [-0.25, -0.2) is 0 Å². The zero-order valence-electron chi connectivity index (χ0n) is 12.4. The lowest BCUT2D eigenvalue weighted by atomic mass is 9.86. The van der Waals surface area contributed by atoms with Crippen LogP contribution < -0.4 is 0 Å². The fraction of sp³-hybridized carbons (Fsp3) is 0.588. The summed E-state index contributed by atoms with van der Waals surface area (Å²) in [6, 6.07) is 8.34. The summed E-state index contributed by atoms with van der Waals surface area (Å²) in [5.41, 5.74) is 0.810. The van der Waals surface area contributed by atoms with Crippen molar-refractivity contribution in [2.24, 2.45) is 5.92 Å². The van der Waals surface area contributed by atoms with Crippen molar-refractivity contribution in [3.8, 4) is 0 Å². The molecule has 110 valence electrons. The second-order valence-electron chi connectivity index (χ2n) is 6.09. The number of hydrogen-bond donors (Lipinski definition) is 0. The second kappa shape index (κ2) is 7.37. The zero-order valence-corrected chi connectivity index (χ0v) is 14.0. The third-order valence-corrected chi connectivity index (χ3v) is 4.86. The molecule has 2 nitrogen and oxygen atoms in total. The molecular weight excluding hydrogens is 314 g/mol. The van der Waals surface area contributed by atoms with Crippen LogP contribution in [0, 0.1) is 5.92 Å². The van der Waals surface area contributed by atoms with E-state index < -0.39 is 0 Å². The third-order valence-electron chi connectivity index (χ3n) is 4.37. The minimum atomic E-state index is 0.238. The van der Waals surface area contributed by atoms with E-state index in [1.54, 1.807) is 0 Å². The largest absolute Gasteiger partial charge is 0.303 e. The Morgan fingerprint density at radius 3 is 2.90 bits per heavy atom. The predicted molar refractivity (Wildman–Crippen MR) is 87.1 cm³/mol. The molecule has 0 N–H and O–H groups in total. The molecule has 1 saturated carbocycles. The first kappa shape index (κ1) is 15.7. The standard InChI is InChI=1S/C17H24BrNO/c1-13-5-3-8-16(11-13)19(2)10-9-17(20)14-6-4-7-15(18)12-14/h4,6-7,12-13,16H,3,5,8-11H2,1-2H3. The van der Waals surface area contributed by atoms with E-state index in [-0.39, 0.29) is 5.78 Å². The number of ketones is 1. The maximum Gasteiger partial charge on any atom is 0.164 e. The van der Waals surface area contributed by atoms with E-state index in [1.807, 2.05) is 24.3 Å². The molecule has 2 atom stereocenters. The summed E-state index contributed by atoms with van der Waals surface area (Å²) < 4.78 is 0.970. The minimum absolute atomic E-state index is 0.238. The fourth-order valence-corrected chi connectivity index (χ4v) is 3.47. The highest BCUT2D eigenvalue weighted by atomic mass is 79.9. The molecular formula is C17H24BrNO. The van der Waals surface area contributed by atoms with Crippen molar-refractivity contribution in [1.82, 2.24) is 4.90 Å². The van der Waals surface area contributed by atoms with Crippen LogP contribution in [0.4, 0.5) is 0 Å². The van der Waals surface area contributed by atoms with Gasteiger partial charge in [0, 0.05) is 29.0 Å². The molecule has 1 aromatic carbocycles. The molecule has 0 spiro atoms. The summed E-state index contributed by atoms with van der Waals surface area (Å²) in [5.74, 6) is 1.07. The van der Waals surface area contributed by atoms with Crippen LogP contribution in [-0.2, 0) is 0 Å². The van der Waals surface area contributed by atoms with Crippen molar-refractivity contribution in [1.29, 1.82) is 0 Å². The van der Waals surface area contributed by atoms with Crippen molar-refractivity contribution < 1.29 is 4.79 Å². The lowest BCUT2D eigenvalue weighted by molar-refractivity contribution is 0.0945. The first-order valence-corrected chi connectivity index (χ1v) is 8.34. The molecule has 0 radical (unpaired) electrons. The Morgan fingerprint density at radius 2 is 2.20 bits per heavy atom. The van der Waals surface area contributed by atoms with Gasteiger partial charge in [0.25, 0.3) is 0 Å². The number of nitrogens with zero attached hydrogens (tertiary/aromatic N) is 1. The maximum absolute atomic E-state index is 12.2. The van der Waals surface area contributed by atoms with E-state index in [0.29, 0.717) is 12.5 Å². The van der Waals surface area contributed by atoms with E-state index in [9.17, 15) is 4.79 Å². The van der Waals surface area contributed by atoms with Gasteiger partial charge in [-0.1, -0.05) is 47.8 Å². The molecule has 1 aromatic rings. The SMILES string of the molecule is CC1CCCC(N(C)CCC(=O)c2cccc(Br)c2)C1.